The summed E-state index contributed by atoms with van der Waals surface area (Å²) in [6.45, 7) is 3.33. The molecule has 3 rings (SSSR count). The van der Waals surface area contributed by atoms with E-state index in [0.29, 0.717) is 29.1 Å². The summed E-state index contributed by atoms with van der Waals surface area (Å²) in [4.78, 5) is 41.2. The lowest BCUT2D eigenvalue weighted by molar-refractivity contribution is -0.147. The number of benzene rings is 1. The number of Topliss-reactive ketones (excluding diaryl/α,β-unsaturated/α-hetero) is 1. The number of methoxy groups -OCH3 is 1. The quantitative estimate of drug-likeness (QED) is 0.786. The molecule has 7 nitrogen and oxygen atoms in total. The van der Waals surface area contributed by atoms with Gasteiger partial charge in [0.1, 0.15) is 17.6 Å². The Bertz CT molecular complexity index is 884. The van der Waals surface area contributed by atoms with Gasteiger partial charge in [-0.1, -0.05) is 25.1 Å². The number of carboxylic acids is 2. The lowest BCUT2D eigenvalue weighted by atomic mass is 9.67. The Morgan fingerprint density at radius 2 is 1.78 bits per heavy atom. The molecule has 7 heteroatoms. The minimum Gasteiger partial charge on any atom is -0.496 e. The first-order valence-electron chi connectivity index (χ1n) is 8.68. The molecule has 0 fully saturated rings. The Hall–Kier alpha value is -2.96. The zero-order chi connectivity index (χ0) is 19.9. The first-order chi connectivity index (χ1) is 12.8. The number of ketones is 1. The summed E-state index contributed by atoms with van der Waals surface area (Å²) < 4.78 is 5.39. The smallest absolute Gasteiger partial charge is 0.314 e. The van der Waals surface area contributed by atoms with Crippen LogP contribution in [0.3, 0.4) is 0 Å². The number of aliphatic carboxylic acids is 2. The Morgan fingerprint density at radius 1 is 1.15 bits per heavy atom. The van der Waals surface area contributed by atoms with E-state index in [0.717, 1.165) is 0 Å². The van der Waals surface area contributed by atoms with Gasteiger partial charge in [-0.3, -0.25) is 19.4 Å². The van der Waals surface area contributed by atoms with Crippen LogP contribution >= 0.6 is 0 Å². The summed E-state index contributed by atoms with van der Waals surface area (Å²) in [5.74, 6) is -5.94. The number of aliphatic imine (C=N–C) groups is 1. The molecule has 1 aliphatic carbocycles. The fourth-order valence-electron chi connectivity index (χ4n) is 4.17. The lowest BCUT2D eigenvalue weighted by Gasteiger charge is -2.37. The average Bonchev–Trinajstić information content (AvgIpc) is 2.59. The number of rotatable bonds is 4. The number of carbonyl (C=O) groups is 3. The minimum absolute atomic E-state index is 0.183. The largest absolute Gasteiger partial charge is 0.496 e. The van der Waals surface area contributed by atoms with Gasteiger partial charge < -0.3 is 14.9 Å². The third kappa shape index (κ3) is 3.03. The van der Waals surface area contributed by atoms with Crippen molar-refractivity contribution in [1.29, 1.82) is 0 Å². The van der Waals surface area contributed by atoms with E-state index in [2.05, 4.69) is 4.99 Å². The lowest BCUT2D eigenvalue weighted by Crippen LogP contribution is -2.42. The van der Waals surface area contributed by atoms with Crippen LogP contribution < -0.4 is 4.74 Å². The molecule has 1 heterocycles. The fourth-order valence-corrected chi connectivity index (χ4v) is 4.17. The molecule has 0 saturated carbocycles. The summed E-state index contributed by atoms with van der Waals surface area (Å²) in [7, 11) is 1.47. The zero-order valence-electron chi connectivity index (χ0n) is 15.3. The van der Waals surface area contributed by atoms with Gasteiger partial charge in [0.15, 0.2) is 5.78 Å². The molecule has 2 N–H and O–H groups in total. The first-order valence-corrected chi connectivity index (χ1v) is 8.68. The van der Waals surface area contributed by atoms with Crippen molar-refractivity contribution < 1.29 is 29.3 Å². The van der Waals surface area contributed by atoms with Crippen LogP contribution in [-0.4, -0.2) is 40.8 Å². The number of hydrogen-bond acceptors (Lipinski definition) is 5. The number of allylic oxidation sites excluding steroid dienone is 2. The molecule has 1 aliphatic heterocycles. The molecule has 0 aromatic heterocycles. The SMILES string of the molecule is COc1ccccc1C1C2=C(CC(C)C(C(=O)O)C2=O)N=C(C)C1C(=O)O. The van der Waals surface area contributed by atoms with Crippen molar-refractivity contribution in [3.05, 3.63) is 41.1 Å². The molecule has 0 radical (unpaired) electrons. The van der Waals surface area contributed by atoms with Gasteiger partial charge in [-0.05, 0) is 25.3 Å². The van der Waals surface area contributed by atoms with Gasteiger partial charge in [0.25, 0.3) is 0 Å². The molecule has 1 aromatic carbocycles. The van der Waals surface area contributed by atoms with E-state index in [1.807, 2.05) is 0 Å². The number of ether oxygens (including phenoxy) is 1. The topological polar surface area (TPSA) is 113 Å². The molecule has 27 heavy (non-hydrogen) atoms. The van der Waals surface area contributed by atoms with Crippen molar-refractivity contribution in [3.8, 4) is 5.75 Å². The van der Waals surface area contributed by atoms with Crippen LogP contribution in [0.4, 0.5) is 0 Å². The van der Waals surface area contributed by atoms with Gasteiger partial charge in [-0.25, -0.2) is 0 Å². The van der Waals surface area contributed by atoms with E-state index in [9.17, 15) is 24.6 Å². The monoisotopic (exact) mass is 371 g/mol. The predicted molar refractivity (Wildman–Crippen MR) is 96.9 cm³/mol. The van der Waals surface area contributed by atoms with Crippen molar-refractivity contribution in [2.45, 2.75) is 26.2 Å². The maximum Gasteiger partial charge on any atom is 0.314 e. The Balaban J connectivity index is 2.26. The van der Waals surface area contributed by atoms with E-state index in [4.69, 9.17) is 4.74 Å². The maximum atomic E-state index is 13.1. The van der Waals surface area contributed by atoms with Crippen LogP contribution in [0.2, 0.25) is 0 Å². The highest BCUT2D eigenvalue weighted by Crippen LogP contribution is 2.47. The van der Waals surface area contributed by atoms with Gasteiger partial charge >= 0.3 is 11.9 Å². The molecule has 0 bridgehead atoms. The fraction of sp³-hybridized carbons (Fsp3) is 0.400. The normalized spacial score (nSPS) is 27.7. The first kappa shape index (κ1) is 18.8. The number of para-hydroxylation sites is 1. The van der Waals surface area contributed by atoms with Gasteiger partial charge in [0.2, 0.25) is 0 Å². The van der Waals surface area contributed by atoms with E-state index in [1.54, 1.807) is 38.1 Å². The maximum absolute atomic E-state index is 13.1. The molecule has 2 aliphatic rings. The average molecular weight is 371 g/mol. The summed E-state index contributed by atoms with van der Waals surface area (Å²) in [5.41, 5.74) is 1.60. The molecule has 142 valence electrons. The number of hydrogen-bond donors (Lipinski definition) is 2. The second kappa shape index (κ2) is 6.98. The Labute approximate surface area is 156 Å². The molecule has 4 atom stereocenters. The van der Waals surface area contributed by atoms with Crippen LogP contribution in [0.1, 0.15) is 31.7 Å². The van der Waals surface area contributed by atoms with Crippen molar-refractivity contribution in [2.75, 3.05) is 7.11 Å². The van der Waals surface area contributed by atoms with Crippen molar-refractivity contribution >= 4 is 23.4 Å². The molecule has 0 amide bonds. The van der Waals surface area contributed by atoms with Crippen LogP contribution in [0.15, 0.2) is 40.5 Å². The standard InChI is InChI=1S/C20H21NO6/c1-9-8-12-17(18(22)14(9)19(23)24)16(15(20(25)26)10(2)21-12)11-6-4-5-7-13(11)27-3/h4-7,9,14-16H,8H2,1-3H3,(H,23,24)(H,25,26). The van der Waals surface area contributed by atoms with Crippen molar-refractivity contribution in [1.82, 2.24) is 0 Å². The summed E-state index contributed by atoms with van der Waals surface area (Å²) in [6, 6.07) is 6.90. The Kier molecular flexibility index (Phi) is 4.87. The van der Waals surface area contributed by atoms with Crippen LogP contribution in [0.5, 0.6) is 5.75 Å². The van der Waals surface area contributed by atoms with Crippen LogP contribution in [0, 0.1) is 17.8 Å². The molecule has 0 saturated heterocycles. The van der Waals surface area contributed by atoms with E-state index in [-0.39, 0.29) is 5.57 Å². The minimum atomic E-state index is -1.20. The molecular weight excluding hydrogens is 350 g/mol. The van der Waals surface area contributed by atoms with Crippen LogP contribution in [-0.2, 0) is 14.4 Å². The summed E-state index contributed by atoms with van der Waals surface area (Å²) >= 11 is 0. The number of carboxylic acid groups (broad SMARTS) is 2. The third-order valence-electron chi connectivity index (χ3n) is 5.36. The Morgan fingerprint density at radius 3 is 2.37 bits per heavy atom. The summed E-state index contributed by atoms with van der Waals surface area (Å²) in [6.07, 6.45) is 0.313. The van der Waals surface area contributed by atoms with Crippen LogP contribution in [0.25, 0.3) is 0 Å². The highest BCUT2D eigenvalue weighted by Gasteiger charge is 2.49. The second-order valence-electron chi connectivity index (χ2n) is 7.01. The molecule has 1 aromatic rings. The highest BCUT2D eigenvalue weighted by molar-refractivity contribution is 6.14. The molecule has 0 spiro atoms. The van der Waals surface area contributed by atoms with Crippen molar-refractivity contribution in [2.24, 2.45) is 22.7 Å². The predicted octanol–water partition coefficient (Wildman–Crippen LogP) is 2.52. The third-order valence-corrected chi connectivity index (χ3v) is 5.36. The second-order valence-corrected chi connectivity index (χ2v) is 7.01. The van der Waals surface area contributed by atoms with E-state index >= 15 is 0 Å². The van der Waals surface area contributed by atoms with Gasteiger partial charge in [0.05, 0.1) is 7.11 Å². The molecule has 4 unspecified atom stereocenters. The van der Waals surface area contributed by atoms with Gasteiger partial charge in [0, 0.05) is 28.5 Å². The number of carbonyl (C=O) groups excluding carboxylic acids is 1. The van der Waals surface area contributed by atoms with E-state index < -0.39 is 41.4 Å². The number of nitrogens with zero attached hydrogens (tertiary/aromatic N) is 1. The zero-order valence-corrected chi connectivity index (χ0v) is 15.3. The summed E-state index contributed by atoms with van der Waals surface area (Å²) in [5, 5.41) is 19.4. The molecular formula is C20H21NO6. The van der Waals surface area contributed by atoms with Crippen molar-refractivity contribution in [3.63, 3.8) is 0 Å². The van der Waals surface area contributed by atoms with Gasteiger partial charge in [-0.15, -0.1) is 0 Å². The van der Waals surface area contributed by atoms with Gasteiger partial charge in [-0.2, -0.15) is 0 Å². The van der Waals surface area contributed by atoms with E-state index in [1.165, 1.54) is 7.11 Å². The highest BCUT2D eigenvalue weighted by atomic mass is 16.5.